The largest absolute Gasteiger partial charge is 0.591 e. The van der Waals surface area contributed by atoms with E-state index in [0.717, 1.165) is 11.1 Å². The summed E-state index contributed by atoms with van der Waals surface area (Å²) < 4.78 is 21.8. The SMILES string of the molecule is CC(=N[S+]([O-])C(C)(C)C)c1cc(C)cc2c(=O)[nH]c(N3CCOCC3)nc12. The van der Waals surface area contributed by atoms with E-state index in [1.54, 1.807) is 0 Å². The van der Waals surface area contributed by atoms with Crippen molar-refractivity contribution in [2.45, 2.75) is 39.4 Å². The van der Waals surface area contributed by atoms with Gasteiger partial charge in [0.15, 0.2) is 0 Å². The Hall–Kier alpha value is -1.90. The van der Waals surface area contributed by atoms with Crippen molar-refractivity contribution < 1.29 is 9.29 Å². The molecule has 1 aliphatic heterocycles. The van der Waals surface area contributed by atoms with Gasteiger partial charge in [-0.05, 0) is 52.3 Å². The number of nitrogens with zero attached hydrogens (tertiary/aromatic N) is 3. The van der Waals surface area contributed by atoms with E-state index >= 15 is 0 Å². The highest BCUT2D eigenvalue weighted by atomic mass is 32.2. The quantitative estimate of drug-likeness (QED) is 0.641. The van der Waals surface area contributed by atoms with Crippen LogP contribution < -0.4 is 10.5 Å². The molecule has 1 saturated heterocycles. The molecular weight excluding hydrogens is 364 g/mol. The molecule has 1 atom stereocenters. The predicted octanol–water partition coefficient (Wildman–Crippen LogP) is 2.34. The monoisotopic (exact) mass is 390 g/mol. The highest BCUT2D eigenvalue weighted by Crippen LogP contribution is 2.23. The van der Waals surface area contributed by atoms with Crippen molar-refractivity contribution in [3.63, 3.8) is 0 Å². The third-order valence-corrected chi connectivity index (χ3v) is 5.87. The molecule has 0 saturated carbocycles. The second-order valence-corrected chi connectivity index (χ2v) is 9.64. The van der Waals surface area contributed by atoms with Gasteiger partial charge in [-0.3, -0.25) is 9.78 Å². The Bertz CT molecular complexity index is 927. The third-order valence-electron chi connectivity index (χ3n) is 4.39. The van der Waals surface area contributed by atoms with E-state index in [4.69, 9.17) is 9.72 Å². The van der Waals surface area contributed by atoms with Gasteiger partial charge in [-0.15, -0.1) is 0 Å². The first kappa shape index (κ1) is 19.9. The van der Waals surface area contributed by atoms with E-state index in [9.17, 15) is 9.35 Å². The summed E-state index contributed by atoms with van der Waals surface area (Å²) in [4.78, 5) is 22.3. The second-order valence-electron chi connectivity index (χ2n) is 7.74. The van der Waals surface area contributed by atoms with Gasteiger partial charge in [-0.2, -0.15) is 0 Å². The fourth-order valence-corrected chi connectivity index (χ4v) is 3.51. The zero-order valence-corrected chi connectivity index (χ0v) is 17.3. The molecule has 2 aromatic rings. The van der Waals surface area contributed by atoms with E-state index in [-0.39, 0.29) is 5.56 Å². The van der Waals surface area contributed by atoms with Gasteiger partial charge in [0.25, 0.3) is 5.56 Å². The second kappa shape index (κ2) is 7.61. The summed E-state index contributed by atoms with van der Waals surface area (Å²) in [7, 11) is 0. The van der Waals surface area contributed by atoms with Crippen LogP contribution in [0.15, 0.2) is 21.3 Å². The van der Waals surface area contributed by atoms with Crippen LogP contribution in [-0.2, 0) is 16.1 Å². The van der Waals surface area contributed by atoms with Gasteiger partial charge in [-0.1, -0.05) is 4.40 Å². The number of rotatable bonds is 3. The highest BCUT2D eigenvalue weighted by molar-refractivity contribution is 7.91. The molecule has 1 aromatic carbocycles. The van der Waals surface area contributed by atoms with Crippen molar-refractivity contribution >= 4 is 33.9 Å². The fourth-order valence-electron chi connectivity index (χ4n) is 2.89. The summed E-state index contributed by atoms with van der Waals surface area (Å²) in [5, 5.41) is 0.512. The predicted molar refractivity (Wildman–Crippen MR) is 110 cm³/mol. The van der Waals surface area contributed by atoms with E-state index < -0.39 is 16.1 Å². The van der Waals surface area contributed by atoms with Crippen LogP contribution in [0.5, 0.6) is 0 Å². The summed E-state index contributed by atoms with van der Waals surface area (Å²) in [6, 6.07) is 3.76. The minimum atomic E-state index is -1.39. The summed E-state index contributed by atoms with van der Waals surface area (Å²) in [5.41, 5.74) is 2.68. The molecule has 0 aliphatic carbocycles. The van der Waals surface area contributed by atoms with Crippen LogP contribution in [0.4, 0.5) is 5.95 Å². The summed E-state index contributed by atoms with van der Waals surface area (Å²) >= 11 is -1.39. The molecule has 0 amide bonds. The Balaban J connectivity index is 2.15. The molecule has 1 aromatic heterocycles. The van der Waals surface area contributed by atoms with Crippen molar-refractivity contribution in [1.29, 1.82) is 0 Å². The number of aromatic amines is 1. The lowest BCUT2D eigenvalue weighted by Crippen LogP contribution is -2.38. The normalized spacial score (nSPS) is 17.4. The molecule has 1 aliphatic rings. The molecule has 27 heavy (non-hydrogen) atoms. The molecule has 1 N–H and O–H groups in total. The van der Waals surface area contributed by atoms with Gasteiger partial charge >= 0.3 is 0 Å². The van der Waals surface area contributed by atoms with Crippen LogP contribution in [0.3, 0.4) is 0 Å². The number of fused-ring (bicyclic) bond motifs is 1. The Morgan fingerprint density at radius 3 is 2.63 bits per heavy atom. The molecule has 146 valence electrons. The molecule has 1 fully saturated rings. The van der Waals surface area contributed by atoms with Crippen LogP contribution in [-0.4, -0.2) is 51.3 Å². The molecular formula is C19H26N4O3S. The molecule has 8 heteroatoms. The Labute approximate surface area is 162 Å². The zero-order valence-electron chi connectivity index (χ0n) is 16.5. The van der Waals surface area contributed by atoms with Gasteiger partial charge in [0.05, 0.1) is 29.8 Å². The van der Waals surface area contributed by atoms with Gasteiger partial charge in [0.2, 0.25) is 5.95 Å². The first-order chi connectivity index (χ1) is 12.7. The fraction of sp³-hybridized carbons (Fsp3) is 0.526. The van der Waals surface area contributed by atoms with Crippen LogP contribution in [0.2, 0.25) is 0 Å². The number of aromatic nitrogens is 2. The maximum absolute atomic E-state index is 12.7. The van der Waals surface area contributed by atoms with Crippen molar-refractivity contribution in [1.82, 2.24) is 9.97 Å². The number of H-pyrrole nitrogens is 1. The maximum Gasteiger partial charge on any atom is 0.260 e. The van der Waals surface area contributed by atoms with Gasteiger partial charge in [0, 0.05) is 18.7 Å². The van der Waals surface area contributed by atoms with Crippen LogP contribution >= 0.6 is 0 Å². The van der Waals surface area contributed by atoms with E-state index in [0.29, 0.717) is 48.9 Å². The number of anilines is 1. The van der Waals surface area contributed by atoms with Crippen molar-refractivity contribution in [3.8, 4) is 0 Å². The Morgan fingerprint density at radius 2 is 2.00 bits per heavy atom. The Morgan fingerprint density at radius 1 is 1.33 bits per heavy atom. The molecule has 2 heterocycles. The summed E-state index contributed by atoms with van der Waals surface area (Å²) in [6.07, 6.45) is 0. The number of aryl methyl sites for hydroxylation is 1. The molecule has 3 rings (SSSR count). The van der Waals surface area contributed by atoms with Crippen molar-refractivity contribution in [3.05, 3.63) is 33.6 Å². The van der Waals surface area contributed by atoms with Crippen LogP contribution in [0.1, 0.15) is 38.8 Å². The average molecular weight is 391 g/mol. The minimum absolute atomic E-state index is 0.184. The topological polar surface area (TPSA) is 93.6 Å². The van der Waals surface area contributed by atoms with Crippen LogP contribution in [0, 0.1) is 6.92 Å². The molecule has 0 bridgehead atoms. The Kier molecular flexibility index (Phi) is 5.60. The van der Waals surface area contributed by atoms with E-state index in [2.05, 4.69) is 9.38 Å². The smallest absolute Gasteiger partial charge is 0.260 e. The molecule has 0 spiro atoms. The number of morpholine rings is 1. The number of hydrogen-bond acceptors (Lipinski definition) is 6. The number of benzene rings is 1. The van der Waals surface area contributed by atoms with Gasteiger partial charge in [0.1, 0.15) is 16.1 Å². The summed E-state index contributed by atoms with van der Waals surface area (Å²) in [6.45, 7) is 11.9. The average Bonchev–Trinajstić information content (AvgIpc) is 2.61. The lowest BCUT2D eigenvalue weighted by molar-refractivity contribution is 0.122. The minimum Gasteiger partial charge on any atom is -0.591 e. The van der Waals surface area contributed by atoms with Gasteiger partial charge in [-0.25, -0.2) is 4.98 Å². The third kappa shape index (κ3) is 4.34. The first-order valence-corrected chi connectivity index (χ1v) is 10.1. The standard InChI is InChI=1S/C19H26N4O3S/c1-12-10-14(13(2)22-27(25)19(3,4)5)16-15(11-12)17(24)21-18(20-16)23-6-8-26-9-7-23/h10-11H,6-9H2,1-5H3,(H,20,21,24). The van der Waals surface area contributed by atoms with Crippen molar-refractivity contribution in [2.75, 3.05) is 31.2 Å². The maximum atomic E-state index is 12.7. The molecule has 0 radical (unpaired) electrons. The number of ether oxygens (including phenoxy) is 1. The first-order valence-electron chi connectivity index (χ1n) is 9.02. The lowest BCUT2D eigenvalue weighted by atomic mass is 10.0. The molecule has 7 nitrogen and oxygen atoms in total. The van der Waals surface area contributed by atoms with E-state index in [1.165, 1.54) is 0 Å². The number of nitrogens with one attached hydrogen (secondary N) is 1. The van der Waals surface area contributed by atoms with Crippen LogP contribution in [0.25, 0.3) is 10.9 Å². The van der Waals surface area contributed by atoms with Gasteiger partial charge < -0.3 is 14.2 Å². The van der Waals surface area contributed by atoms with Crippen molar-refractivity contribution in [2.24, 2.45) is 4.40 Å². The van der Waals surface area contributed by atoms with E-state index in [1.807, 2.05) is 51.7 Å². The molecule has 1 unspecified atom stereocenters. The zero-order chi connectivity index (χ0) is 19.8. The summed E-state index contributed by atoms with van der Waals surface area (Å²) in [5.74, 6) is 0.533. The highest BCUT2D eigenvalue weighted by Gasteiger charge is 2.27. The number of hydrogen-bond donors (Lipinski definition) is 1. The lowest BCUT2D eigenvalue weighted by Gasteiger charge is -2.27.